The van der Waals surface area contributed by atoms with E-state index in [1.807, 2.05) is 0 Å². The van der Waals surface area contributed by atoms with Gasteiger partial charge in [0.2, 0.25) is 0 Å². The first-order chi connectivity index (χ1) is 17.4. The smallest absolute Gasteiger partial charge is 0.338 e. The molecule has 5 fully saturated rings. The Labute approximate surface area is 216 Å². The van der Waals surface area contributed by atoms with Crippen LogP contribution in [0, 0.1) is 23.1 Å². The summed E-state index contributed by atoms with van der Waals surface area (Å²) in [5, 5.41) is 0. The van der Waals surface area contributed by atoms with Gasteiger partial charge in [-0.2, -0.15) is 0 Å². The second-order valence-corrected chi connectivity index (χ2v) is 13.0. The third kappa shape index (κ3) is 5.27. The molecule has 5 aliphatic carbocycles. The Morgan fingerprint density at radius 3 is 2.43 bits per heavy atom. The lowest BCUT2D eigenvalue weighted by Crippen LogP contribution is -2.60. The molecule has 202 valence electrons. The molecule has 0 heterocycles. The molecular formula is C27H32FO8S-. The molecule has 6 rings (SSSR count). The number of rotatable bonds is 9. The first-order valence-corrected chi connectivity index (χ1v) is 14.5. The summed E-state index contributed by atoms with van der Waals surface area (Å²) in [6.45, 7) is 3.36. The SMILES string of the molecule is C=CC1(Oc2cc(C(=O)OC34CC5CC(C3)CC(C(=O)OCCS(=O)(=O)[O-])(C5)C4)ccc2F)CCCC1. The number of carbonyl (C=O) groups is 2. The monoisotopic (exact) mass is 535 g/mol. The molecule has 2 atom stereocenters. The Kier molecular flexibility index (Phi) is 6.63. The maximum Gasteiger partial charge on any atom is 0.338 e. The minimum absolute atomic E-state index is 0.0184. The fourth-order valence-electron chi connectivity index (χ4n) is 7.43. The van der Waals surface area contributed by atoms with Gasteiger partial charge < -0.3 is 18.8 Å². The van der Waals surface area contributed by atoms with E-state index in [1.54, 1.807) is 6.08 Å². The molecule has 10 heteroatoms. The van der Waals surface area contributed by atoms with E-state index in [0.717, 1.165) is 32.1 Å². The lowest BCUT2D eigenvalue weighted by molar-refractivity contribution is -0.196. The Morgan fingerprint density at radius 2 is 1.81 bits per heavy atom. The summed E-state index contributed by atoms with van der Waals surface area (Å²) in [5.41, 5.74) is -2.20. The van der Waals surface area contributed by atoms with E-state index < -0.39 is 56.9 Å². The highest BCUT2D eigenvalue weighted by atomic mass is 32.2. The lowest BCUT2D eigenvalue weighted by atomic mass is 9.48. The van der Waals surface area contributed by atoms with E-state index in [4.69, 9.17) is 14.2 Å². The minimum Gasteiger partial charge on any atom is -0.748 e. The highest BCUT2D eigenvalue weighted by molar-refractivity contribution is 7.85. The van der Waals surface area contributed by atoms with Gasteiger partial charge in [0, 0.05) is 6.42 Å². The van der Waals surface area contributed by atoms with Crippen LogP contribution < -0.4 is 4.74 Å². The van der Waals surface area contributed by atoms with E-state index in [2.05, 4.69) is 6.58 Å². The van der Waals surface area contributed by atoms with Gasteiger partial charge in [-0.05, 0) is 93.9 Å². The maximum absolute atomic E-state index is 14.6. The van der Waals surface area contributed by atoms with E-state index in [0.29, 0.717) is 25.7 Å². The van der Waals surface area contributed by atoms with Crippen molar-refractivity contribution in [1.82, 2.24) is 0 Å². The summed E-state index contributed by atoms with van der Waals surface area (Å²) in [6, 6.07) is 3.93. The van der Waals surface area contributed by atoms with Gasteiger partial charge in [-0.1, -0.05) is 6.58 Å². The molecule has 5 aliphatic rings. The van der Waals surface area contributed by atoms with Crippen LogP contribution in [0.2, 0.25) is 0 Å². The van der Waals surface area contributed by atoms with Crippen molar-refractivity contribution in [3.63, 3.8) is 0 Å². The van der Waals surface area contributed by atoms with Crippen LogP contribution in [0.15, 0.2) is 30.9 Å². The standard InChI is InChI=1S/C27H33FO8S/c1-2-26(7-3-4-8-26)35-22-12-20(5-6-21(22)28)23(29)36-27-15-18-11-19(16-27)14-25(13-18,17-27)24(30)34-9-10-37(31,32)33/h2,5-6,12,18-19H,1,3-4,7-11,13-17H2,(H,31,32,33)/p-1. The van der Waals surface area contributed by atoms with Gasteiger partial charge in [0.1, 0.15) is 17.8 Å². The van der Waals surface area contributed by atoms with Crippen LogP contribution in [0.5, 0.6) is 5.75 Å². The van der Waals surface area contributed by atoms with Crippen molar-refractivity contribution >= 4 is 22.1 Å². The van der Waals surface area contributed by atoms with Crippen LogP contribution in [0.4, 0.5) is 4.39 Å². The highest BCUT2D eigenvalue weighted by Crippen LogP contribution is 2.63. The normalized spacial score (nSPS) is 31.6. The molecule has 1 aromatic rings. The maximum atomic E-state index is 14.6. The molecule has 0 saturated heterocycles. The van der Waals surface area contributed by atoms with Crippen molar-refractivity contribution in [2.75, 3.05) is 12.4 Å². The molecule has 0 aliphatic heterocycles. The van der Waals surface area contributed by atoms with Crippen molar-refractivity contribution in [3.05, 3.63) is 42.2 Å². The molecule has 0 radical (unpaired) electrons. The molecule has 0 spiro atoms. The molecule has 8 nitrogen and oxygen atoms in total. The lowest BCUT2D eigenvalue weighted by Gasteiger charge is -2.59. The quantitative estimate of drug-likeness (QED) is 0.261. The summed E-state index contributed by atoms with van der Waals surface area (Å²) in [4.78, 5) is 26.4. The molecule has 37 heavy (non-hydrogen) atoms. The van der Waals surface area contributed by atoms with Crippen molar-refractivity contribution in [3.8, 4) is 5.75 Å². The van der Waals surface area contributed by atoms with Crippen molar-refractivity contribution in [1.29, 1.82) is 0 Å². The van der Waals surface area contributed by atoms with E-state index in [-0.39, 0.29) is 29.6 Å². The van der Waals surface area contributed by atoms with E-state index in [1.165, 1.54) is 18.2 Å². The second-order valence-electron chi connectivity index (χ2n) is 11.4. The third-order valence-corrected chi connectivity index (χ3v) is 9.28. The summed E-state index contributed by atoms with van der Waals surface area (Å²) in [6.07, 6.45) is 8.72. The van der Waals surface area contributed by atoms with Gasteiger partial charge in [-0.15, -0.1) is 0 Å². The summed E-state index contributed by atoms with van der Waals surface area (Å²) in [5.74, 6) is -2.15. The van der Waals surface area contributed by atoms with E-state index in [9.17, 15) is 27.0 Å². The second kappa shape index (κ2) is 9.38. The van der Waals surface area contributed by atoms with Crippen LogP contribution >= 0.6 is 0 Å². The summed E-state index contributed by atoms with van der Waals surface area (Å²) >= 11 is 0. The average Bonchev–Trinajstić information content (AvgIpc) is 3.27. The minimum atomic E-state index is -4.49. The van der Waals surface area contributed by atoms with Crippen molar-refractivity contribution < 1.29 is 41.2 Å². The molecule has 0 aromatic heterocycles. The number of hydrogen-bond acceptors (Lipinski definition) is 8. The third-order valence-electron chi connectivity index (χ3n) is 8.62. The largest absolute Gasteiger partial charge is 0.748 e. The molecule has 1 aromatic carbocycles. The van der Waals surface area contributed by atoms with Crippen LogP contribution in [-0.4, -0.2) is 48.5 Å². The van der Waals surface area contributed by atoms with Crippen LogP contribution in [-0.2, 0) is 24.4 Å². The molecule has 0 N–H and O–H groups in total. The predicted molar refractivity (Wildman–Crippen MR) is 129 cm³/mol. The molecule has 2 unspecified atom stereocenters. The number of hydrogen-bond donors (Lipinski definition) is 0. The van der Waals surface area contributed by atoms with Gasteiger partial charge in [-0.25, -0.2) is 17.6 Å². The Bertz CT molecular complexity index is 1190. The number of benzene rings is 1. The number of carbonyl (C=O) groups excluding carboxylic acids is 2. The van der Waals surface area contributed by atoms with Crippen molar-refractivity contribution in [2.24, 2.45) is 17.3 Å². The van der Waals surface area contributed by atoms with Crippen LogP contribution in [0.25, 0.3) is 0 Å². The highest BCUT2D eigenvalue weighted by Gasteiger charge is 2.63. The van der Waals surface area contributed by atoms with Gasteiger partial charge in [0.05, 0.1) is 26.8 Å². The molecule has 4 bridgehead atoms. The fourth-order valence-corrected chi connectivity index (χ4v) is 7.72. The average molecular weight is 536 g/mol. The van der Waals surface area contributed by atoms with Gasteiger partial charge in [-0.3, -0.25) is 4.79 Å². The zero-order chi connectivity index (χ0) is 26.5. The Balaban J connectivity index is 1.32. The first kappa shape index (κ1) is 26.2. The van der Waals surface area contributed by atoms with Crippen molar-refractivity contribution in [2.45, 2.75) is 75.4 Å². The Hall–Kier alpha value is -2.46. The van der Waals surface area contributed by atoms with Gasteiger partial charge >= 0.3 is 11.9 Å². The van der Waals surface area contributed by atoms with Gasteiger partial charge in [0.25, 0.3) is 0 Å². The fraction of sp³-hybridized carbons (Fsp3) is 0.630. The van der Waals surface area contributed by atoms with E-state index >= 15 is 0 Å². The molecule has 0 amide bonds. The Morgan fingerprint density at radius 1 is 1.14 bits per heavy atom. The first-order valence-electron chi connectivity index (χ1n) is 12.9. The topological polar surface area (TPSA) is 119 Å². The van der Waals surface area contributed by atoms with Gasteiger partial charge in [0.15, 0.2) is 11.6 Å². The predicted octanol–water partition coefficient (Wildman–Crippen LogP) is 4.29. The number of ether oxygens (including phenoxy) is 3. The molecule has 5 saturated carbocycles. The number of esters is 2. The summed E-state index contributed by atoms with van der Waals surface area (Å²) < 4.78 is 64.6. The molecular weight excluding hydrogens is 503 g/mol. The zero-order valence-corrected chi connectivity index (χ0v) is 21.5. The number of halogens is 1. The van der Waals surface area contributed by atoms with Crippen LogP contribution in [0.1, 0.15) is 74.6 Å². The summed E-state index contributed by atoms with van der Waals surface area (Å²) in [7, 11) is -4.49. The zero-order valence-electron chi connectivity index (χ0n) is 20.7. The van der Waals surface area contributed by atoms with Crippen LogP contribution in [0.3, 0.4) is 0 Å².